The number of nitrogens with two attached hydrogens (primary N) is 2. The SMILES string of the molecule is NC(=O)C=Cc1cc(Cl)c(N)cc1Cl. The largest absolute Gasteiger partial charge is 0.397 e. The first-order valence-corrected chi connectivity index (χ1v) is 4.48. The molecule has 5 heteroatoms. The van der Waals surface area contributed by atoms with Gasteiger partial charge in [-0.15, -0.1) is 0 Å². The van der Waals surface area contributed by atoms with E-state index in [1.807, 2.05) is 0 Å². The van der Waals surface area contributed by atoms with E-state index >= 15 is 0 Å². The van der Waals surface area contributed by atoms with Gasteiger partial charge < -0.3 is 11.5 Å². The molecule has 14 heavy (non-hydrogen) atoms. The Labute approximate surface area is 91.3 Å². The van der Waals surface area contributed by atoms with Crippen molar-refractivity contribution in [2.45, 2.75) is 0 Å². The van der Waals surface area contributed by atoms with Gasteiger partial charge in [0.25, 0.3) is 0 Å². The van der Waals surface area contributed by atoms with Crippen molar-refractivity contribution >= 4 is 40.9 Å². The fourth-order valence-corrected chi connectivity index (χ4v) is 1.28. The van der Waals surface area contributed by atoms with Crippen LogP contribution < -0.4 is 11.5 Å². The molecule has 0 saturated carbocycles. The lowest BCUT2D eigenvalue weighted by molar-refractivity contribution is -0.113. The highest BCUT2D eigenvalue weighted by atomic mass is 35.5. The number of hydrogen-bond donors (Lipinski definition) is 2. The number of primary amides is 1. The fourth-order valence-electron chi connectivity index (χ4n) is 0.877. The number of halogens is 2. The van der Waals surface area contributed by atoms with E-state index < -0.39 is 5.91 Å². The zero-order chi connectivity index (χ0) is 10.7. The van der Waals surface area contributed by atoms with Gasteiger partial charge in [0.1, 0.15) is 0 Å². The summed E-state index contributed by atoms with van der Waals surface area (Å²) in [6, 6.07) is 3.09. The van der Waals surface area contributed by atoms with Crippen molar-refractivity contribution in [2.75, 3.05) is 5.73 Å². The van der Waals surface area contributed by atoms with E-state index in [-0.39, 0.29) is 0 Å². The third kappa shape index (κ3) is 2.65. The Balaban J connectivity index is 3.10. The molecule has 1 rings (SSSR count). The van der Waals surface area contributed by atoms with Gasteiger partial charge in [-0.1, -0.05) is 23.2 Å². The Kier molecular flexibility index (Phi) is 3.38. The van der Waals surface area contributed by atoms with Crippen LogP contribution in [0.2, 0.25) is 10.0 Å². The summed E-state index contributed by atoms with van der Waals surface area (Å²) in [7, 11) is 0. The number of benzene rings is 1. The van der Waals surface area contributed by atoms with E-state index in [9.17, 15) is 4.79 Å². The van der Waals surface area contributed by atoms with E-state index in [2.05, 4.69) is 0 Å². The lowest BCUT2D eigenvalue weighted by atomic mass is 10.2. The minimum absolute atomic E-state index is 0.388. The molecule has 4 N–H and O–H groups in total. The van der Waals surface area contributed by atoms with Crippen LogP contribution in [0.15, 0.2) is 18.2 Å². The average molecular weight is 231 g/mol. The van der Waals surface area contributed by atoms with Gasteiger partial charge in [-0.25, -0.2) is 0 Å². The summed E-state index contributed by atoms with van der Waals surface area (Å²) in [4.78, 5) is 10.5. The first-order chi connectivity index (χ1) is 6.50. The van der Waals surface area contributed by atoms with Crippen LogP contribution in [0, 0.1) is 0 Å². The van der Waals surface area contributed by atoms with Gasteiger partial charge in [-0.05, 0) is 23.8 Å². The summed E-state index contributed by atoms with van der Waals surface area (Å²) < 4.78 is 0. The minimum atomic E-state index is -0.547. The molecule has 0 fully saturated rings. The molecule has 1 amide bonds. The molecule has 0 aromatic heterocycles. The third-order valence-electron chi connectivity index (χ3n) is 1.54. The van der Waals surface area contributed by atoms with Crippen molar-refractivity contribution in [1.29, 1.82) is 0 Å². The Morgan fingerprint density at radius 1 is 1.29 bits per heavy atom. The zero-order valence-corrected chi connectivity index (χ0v) is 8.64. The Hall–Kier alpha value is -1.19. The maximum Gasteiger partial charge on any atom is 0.241 e. The molecule has 74 valence electrons. The molecular formula is C9H8Cl2N2O. The van der Waals surface area contributed by atoms with Crippen LogP contribution in [0.1, 0.15) is 5.56 Å². The Morgan fingerprint density at radius 3 is 2.50 bits per heavy atom. The molecule has 1 aromatic rings. The smallest absolute Gasteiger partial charge is 0.241 e. The maximum atomic E-state index is 10.5. The molecule has 0 aliphatic heterocycles. The van der Waals surface area contributed by atoms with E-state index in [1.54, 1.807) is 6.07 Å². The fraction of sp³-hybridized carbons (Fsp3) is 0. The normalized spacial score (nSPS) is 10.7. The van der Waals surface area contributed by atoms with Crippen molar-refractivity contribution in [1.82, 2.24) is 0 Å². The summed E-state index contributed by atoms with van der Waals surface area (Å²) in [5, 5.41) is 0.808. The highest BCUT2D eigenvalue weighted by Gasteiger charge is 2.02. The number of amides is 1. The maximum absolute atomic E-state index is 10.5. The highest BCUT2D eigenvalue weighted by molar-refractivity contribution is 6.36. The number of anilines is 1. The average Bonchev–Trinajstić information content (AvgIpc) is 2.09. The molecule has 0 unspecified atom stereocenters. The van der Waals surface area contributed by atoms with E-state index in [0.29, 0.717) is 21.3 Å². The Morgan fingerprint density at radius 2 is 1.93 bits per heavy atom. The number of hydrogen-bond acceptors (Lipinski definition) is 2. The van der Waals surface area contributed by atoms with Crippen molar-refractivity contribution in [2.24, 2.45) is 5.73 Å². The van der Waals surface area contributed by atoms with Crippen molar-refractivity contribution in [3.8, 4) is 0 Å². The predicted octanol–water partition coefficient (Wildman–Crippen LogP) is 2.07. The van der Waals surface area contributed by atoms with Gasteiger partial charge in [-0.3, -0.25) is 4.79 Å². The molecule has 0 spiro atoms. The first-order valence-electron chi connectivity index (χ1n) is 3.72. The van der Waals surface area contributed by atoms with E-state index in [0.717, 1.165) is 0 Å². The molecule has 0 bridgehead atoms. The molecule has 0 radical (unpaired) electrons. The van der Waals surface area contributed by atoms with Crippen molar-refractivity contribution in [3.05, 3.63) is 33.8 Å². The lowest BCUT2D eigenvalue weighted by Gasteiger charge is -2.02. The summed E-state index contributed by atoms with van der Waals surface area (Å²) in [5.74, 6) is -0.547. The van der Waals surface area contributed by atoms with Gasteiger partial charge in [0.2, 0.25) is 5.91 Å². The van der Waals surface area contributed by atoms with Gasteiger partial charge in [0.05, 0.1) is 10.7 Å². The number of rotatable bonds is 2. The van der Waals surface area contributed by atoms with Crippen LogP contribution in [-0.4, -0.2) is 5.91 Å². The van der Waals surface area contributed by atoms with Gasteiger partial charge in [0.15, 0.2) is 0 Å². The van der Waals surface area contributed by atoms with Crippen LogP contribution in [0.4, 0.5) is 5.69 Å². The van der Waals surface area contributed by atoms with Crippen LogP contribution in [0.5, 0.6) is 0 Å². The van der Waals surface area contributed by atoms with Crippen LogP contribution in [-0.2, 0) is 4.79 Å². The Bertz CT molecular complexity index is 402. The zero-order valence-electron chi connectivity index (χ0n) is 7.13. The van der Waals surface area contributed by atoms with E-state index in [1.165, 1.54) is 18.2 Å². The standard InChI is InChI=1S/C9H8Cl2N2O/c10-6-4-8(12)7(11)3-5(6)1-2-9(13)14/h1-4H,12H2,(H2,13,14). The second-order valence-corrected chi connectivity index (χ2v) is 3.45. The second-order valence-electron chi connectivity index (χ2n) is 2.63. The molecule has 0 atom stereocenters. The van der Waals surface area contributed by atoms with E-state index in [4.69, 9.17) is 34.7 Å². The van der Waals surface area contributed by atoms with Crippen LogP contribution >= 0.6 is 23.2 Å². The van der Waals surface area contributed by atoms with Gasteiger partial charge in [0, 0.05) is 11.1 Å². The number of nitrogen functional groups attached to an aromatic ring is 1. The summed E-state index contributed by atoms with van der Waals surface area (Å²) in [6.45, 7) is 0. The topological polar surface area (TPSA) is 69.1 Å². The number of carbonyl (C=O) groups is 1. The molecule has 1 aromatic carbocycles. The molecular weight excluding hydrogens is 223 g/mol. The van der Waals surface area contributed by atoms with Crippen LogP contribution in [0.3, 0.4) is 0 Å². The predicted molar refractivity (Wildman–Crippen MR) is 59.1 cm³/mol. The summed E-state index contributed by atoms with van der Waals surface area (Å²) in [5.41, 5.74) is 11.4. The van der Waals surface area contributed by atoms with Gasteiger partial charge in [-0.2, -0.15) is 0 Å². The minimum Gasteiger partial charge on any atom is -0.397 e. The monoisotopic (exact) mass is 230 g/mol. The second kappa shape index (κ2) is 4.35. The third-order valence-corrected chi connectivity index (χ3v) is 2.20. The summed E-state index contributed by atoms with van der Waals surface area (Å²) >= 11 is 11.6. The molecule has 0 heterocycles. The number of carbonyl (C=O) groups excluding carboxylic acids is 1. The van der Waals surface area contributed by atoms with Crippen LogP contribution in [0.25, 0.3) is 6.08 Å². The highest BCUT2D eigenvalue weighted by Crippen LogP contribution is 2.27. The lowest BCUT2D eigenvalue weighted by Crippen LogP contribution is -2.05. The van der Waals surface area contributed by atoms with Gasteiger partial charge >= 0.3 is 0 Å². The molecule has 0 aliphatic carbocycles. The van der Waals surface area contributed by atoms with Crippen molar-refractivity contribution in [3.63, 3.8) is 0 Å². The first kappa shape index (κ1) is 10.9. The molecule has 3 nitrogen and oxygen atoms in total. The quantitative estimate of drug-likeness (QED) is 0.604. The van der Waals surface area contributed by atoms with Crippen molar-refractivity contribution < 1.29 is 4.79 Å². The molecule has 0 saturated heterocycles. The summed E-state index contributed by atoms with van der Waals surface area (Å²) in [6.07, 6.45) is 2.68. The molecule has 0 aliphatic rings.